The molecular formula is C35H37FN2O2. The molecular weight excluding hydrogens is 499 g/mol. The summed E-state index contributed by atoms with van der Waals surface area (Å²) in [7, 11) is 0. The van der Waals surface area contributed by atoms with E-state index in [1.165, 1.54) is 12.5 Å². The summed E-state index contributed by atoms with van der Waals surface area (Å²) in [6.45, 7) is 0.0383. The lowest BCUT2D eigenvalue weighted by molar-refractivity contribution is -0.141. The first-order valence-electron chi connectivity index (χ1n) is 14.4. The Hall–Kier alpha value is -3.99. The van der Waals surface area contributed by atoms with Gasteiger partial charge < -0.3 is 10.2 Å². The Morgan fingerprint density at radius 3 is 2.27 bits per heavy atom. The van der Waals surface area contributed by atoms with Crippen LogP contribution in [0.5, 0.6) is 0 Å². The Labute approximate surface area is 236 Å². The zero-order chi connectivity index (χ0) is 27.7. The molecule has 0 saturated heterocycles. The van der Waals surface area contributed by atoms with Crippen LogP contribution in [0.25, 0.3) is 10.8 Å². The summed E-state index contributed by atoms with van der Waals surface area (Å²) in [5, 5.41) is 5.50. The lowest BCUT2D eigenvalue weighted by Gasteiger charge is -2.33. The first-order chi connectivity index (χ1) is 19.6. The van der Waals surface area contributed by atoms with Gasteiger partial charge in [-0.25, -0.2) is 4.39 Å². The van der Waals surface area contributed by atoms with Crippen molar-refractivity contribution in [3.05, 3.63) is 120 Å². The van der Waals surface area contributed by atoms with Crippen molar-refractivity contribution in [3.8, 4) is 0 Å². The number of hydrogen-bond donors (Lipinski definition) is 1. The Morgan fingerprint density at radius 1 is 0.800 bits per heavy atom. The number of fused-ring (bicyclic) bond motifs is 1. The predicted octanol–water partition coefficient (Wildman–Crippen LogP) is 7.00. The average Bonchev–Trinajstić information content (AvgIpc) is 2.99. The molecule has 0 radical (unpaired) electrons. The smallest absolute Gasteiger partial charge is 0.243 e. The zero-order valence-corrected chi connectivity index (χ0v) is 22.9. The summed E-state index contributed by atoms with van der Waals surface area (Å²) in [5.74, 6) is -0.693. The molecule has 0 spiro atoms. The molecule has 4 aromatic carbocycles. The van der Waals surface area contributed by atoms with Crippen molar-refractivity contribution in [3.63, 3.8) is 0 Å². The van der Waals surface area contributed by atoms with E-state index < -0.39 is 6.04 Å². The van der Waals surface area contributed by atoms with Crippen LogP contribution in [0.3, 0.4) is 0 Å². The van der Waals surface area contributed by atoms with E-state index in [2.05, 4.69) is 23.5 Å². The highest BCUT2D eigenvalue weighted by Crippen LogP contribution is 2.23. The van der Waals surface area contributed by atoms with Crippen LogP contribution < -0.4 is 5.32 Å². The minimum atomic E-state index is -0.746. The second-order valence-electron chi connectivity index (χ2n) is 10.8. The van der Waals surface area contributed by atoms with Crippen LogP contribution in [0.2, 0.25) is 0 Å². The van der Waals surface area contributed by atoms with Gasteiger partial charge >= 0.3 is 0 Å². The van der Waals surface area contributed by atoms with Crippen molar-refractivity contribution >= 4 is 22.6 Å². The lowest BCUT2D eigenvalue weighted by atomic mass is 9.94. The van der Waals surface area contributed by atoms with E-state index in [0.717, 1.165) is 47.6 Å². The van der Waals surface area contributed by atoms with Gasteiger partial charge in [0.1, 0.15) is 11.9 Å². The summed E-state index contributed by atoms with van der Waals surface area (Å²) in [4.78, 5) is 29.5. The monoisotopic (exact) mass is 536 g/mol. The maximum Gasteiger partial charge on any atom is 0.243 e. The minimum Gasteiger partial charge on any atom is -0.352 e. The Kier molecular flexibility index (Phi) is 9.22. The summed E-state index contributed by atoms with van der Waals surface area (Å²) in [6, 6.07) is 29.9. The van der Waals surface area contributed by atoms with Crippen LogP contribution in [0.4, 0.5) is 4.39 Å². The second kappa shape index (κ2) is 13.4. The van der Waals surface area contributed by atoms with Gasteiger partial charge in [-0.2, -0.15) is 0 Å². The minimum absolute atomic E-state index is 0.0383. The van der Waals surface area contributed by atoms with Gasteiger partial charge in [0.25, 0.3) is 0 Å². The van der Waals surface area contributed by atoms with Gasteiger partial charge in [0, 0.05) is 31.0 Å². The molecule has 206 valence electrons. The van der Waals surface area contributed by atoms with Crippen LogP contribution in [0.15, 0.2) is 97.1 Å². The quantitative estimate of drug-likeness (QED) is 0.237. The van der Waals surface area contributed by atoms with Crippen molar-refractivity contribution < 1.29 is 14.0 Å². The van der Waals surface area contributed by atoms with E-state index in [-0.39, 0.29) is 36.6 Å². The van der Waals surface area contributed by atoms with E-state index in [9.17, 15) is 14.0 Å². The summed E-state index contributed by atoms with van der Waals surface area (Å²) >= 11 is 0. The molecule has 0 unspecified atom stereocenters. The largest absolute Gasteiger partial charge is 0.352 e. The number of nitrogens with one attached hydrogen (secondary N) is 1. The molecule has 4 nitrogen and oxygen atoms in total. The molecule has 5 heteroatoms. The lowest BCUT2D eigenvalue weighted by Crippen LogP contribution is -2.53. The van der Waals surface area contributed by atoms with Crippen molar-refractivity contribution in [1.29, 1.82) is 0 Å². The Bertz CT molecular complexity index is 1430. The number of carbonyl (C=O) groups excluding carboxylic acids is 2. The topological polar surface area (TPSA) is 49.4 Å². The van der Waals surface area contributed by atoms with Gasteiger partial charge in [0.15, 0.2) is 0 Å². The molecule has 1 saturated carbocycles. The average molecular weight is 537 g/mol. The fourth-order valence-corrected chi connectivity index (χ4v) is 5.80. The van der Waals surface area contributed by atoms with Crippen LogP contribution in [-0.2, 0) is 29.0 Å². The number of aryl methyl sites for hydroxylation is 1. The van der Waals surface area contributed by atoms with E-state index in [0.29, 0.717) is 18.4 Å². The predicted molar refractivity (Wildman–Crippen MR) is 158 cm³/mol. The van der Waals surface area contributed by atoms with Gasteiger partial charge in [-0.05, 0) is 47.2 Å². The standard InChI is InChI=1S/C35H37FN2O2/c36-32-21-10-8-15-29(32)25-38(34(39)23-22-28-17-11-16-27-14-7-9-20-31(27)28)33(24-26-12-3-1-4-13-26)35(40)37-30-18-5-2-6-19-30/h1,3-4,7-17,20-21,30,33H,2,5-6,18-19,22-25H2,(H,37,40)/t33-/m0/s1. The number of hydrogen-bond acceptors (Lipinski definition) is 2. The molecule has 1 N–H and O–H groups in total. The fraction of sp³-hybridized carbons (Fsp3) is 0.314. The van der Waals surface area contributed by atoms with Gasteiger partial charge in [0.2, 0.25) is 11.8 Å². The van der Waals surface area contributed by atoms with Crippen molar-refractivity contribution in [2.75, 3.05) is 0 Å². The van der Waals surface area contributed by atoms with Crippen LogP contribution in [0, 0.1) is 5.82 Å². The third-order valence-corrected chi connectivity index (χ3v) is 8.01. The van der Waals surface area contributed by atoms with Crippen LogP contribution >= 0.6 is 0 Å². The molecule has 1 fully saturated rings. The van der Waals surface area contributed by atoms with E-state index >= 15 is 0 Å². The first-order valence-corrected chi connectivity index (χ1v) is 14.4. The highest BCUT2D eigenvalue weighted by Gasteiger charge is 2.32. The fourth-order valence-electron chi connectivity index (χ4n) is 5.80. The maximum absolute atomic E-state index is 14.9. The number of halogens is 1. The first kappa shape index (κ1) is 27.6. The van der Waals surface area contributed by atoms with Crippen molar-refractivity contribution in [2.45, 2.75) is 70.0 Å². The SMILES string of the molecule is O=C(NC1CCCCC1)[C@H](Cc1ccccc1)N(Cc1ccccc1F)C(=O)CCc1cccc2ccccc12. The molecule has 1 aliphatic rings. The number of carbonyl (C=O) groups is 2. The molecule has 0 heterocycles. The van der Waals surface area contributed by atoms with Crippen molar-refractivity contribution in [1.82, 2.24) is 10.2 Å². The molecule has 2 amide bonds. The number of amides is 2. The Balaban J connectivity index is 1.44. The maximum atomic E-state index is 14.9. The van der Waals surface area contributed by atoms with Gasteiger partial charge in [-0.1, -0.05) is 110 Å². The van der Waals surface area contributed by atoms with Crippen LogP contribution in [-0.4, -0.2) is 28.8 Å². The van der Waals surface area contributed by atoms with E-state index in [1.54, 1.807) is 23.1 Å². The zero-order valence-electron chi connectivity index (χ0n) is 22.9. The molecule has 0 aromatic heterocycles. The molecule has 0 bridgehead atoms. The van der Waals surface area contributed by atoms with Crippen LogP contribution in [0.1, 0.15) is 55.2 Å². The highest BCUT2D eigenvalue weighted by atomic mass is 19.1. The number of nitrogens with zero attached hydrogens (tertiary/aromatic N) is 1. The molecule has 40 heavy (non-hydrogen) atoms. The van der Waals surface area contributed by atoms with E-state index in [1.807, 2.05) is 54.6 Å². The summed E-state index contributed by atoms with van der Waals surface area (Å²) in [5.41, 5.74) is 2.46. The molecule has 1 atom stereocenters. The summed E-state index contributed by atoms with van der Waals surface area (Å²) in [6.07, 6.45) is 6.41. The van der Waals surface area contributed by atoms with Gasteiger partial charge in [-0.15, -0.1) is 0 Å². The van der Waals surface area contributed by atoms with E-state index in [4.69, 9.17) is 0 Å². The van der Waals surface area contributed by atoms with Crippen molar-refractivity contribution in [2.24, 2.45) is 0 Å². The third-order valence-electron chi connectivity index (χ3n) is 8.01. The molecule has 5 rings (SSSR count). The normalized spacial score (nSPS) is 14.5. The second-order valence-corrected chi connectivity index (χ2v) is 10.8. The third kappa shape index (κ3) is 6.95. The summed E-state index contributed by atoms with van der Waals surface area (Å²) < 4.78 is 14.9. The van der Waals surface area contributed by atoms with Gasteiger partial charge in [-0.3, -0.25) is 9.59 Å². The number of benzene rings is 4. The molecule has 0 aliphatic heterocycles. The molecule has 4 aromatic rings. The highest BCUT2D eigenvalue weighted by molar-refractivity contribution is 5.89. The number of rotatable bonds is 10. The molecule has 1 aliphatic carbocycles. The Morgan fingerprint density at radius 2 is 1.48 bits per heavy atom. The van der Waals surface area contributed by atoms with Gasteiger partial charge in [0.05, 0.1) is 0 Å².